The van der Waals surface area contributed by atoms with Gasteiger partial charge in [0.15, 0.2) is 0 Å². The van der Waals surface area contributed by atoms with Crippen molar-refractivity contribution in [1.82, 2.24) is 4.98 Å². The third-order valence-electron chi connectivity index (χ3n) is 3.45. The number of aliphatic hydroxyl groups is 1. The van der Waals surface area contributed by atoms with E-state index in [0.29, 0.717) is 0 Å². The maximum absolute atomic E-state index is 9.07. The summed E-state index contributed by atoms with van der Waals surface area (Å²) in [6.45, 7) is 7.74. The summed E-state index contributed by atoms with van der Waals surface area (Å²) in [6, 6.07) is 2.02. The van der Waals surface area contributed by atoms with Crippen LogP contribution < -0.4 is 4.90 Å². The number of aliphatic hydroxyl groups excluding tert-OH is 1. The molecular formula is C13H20N2O. The van der Waals surface area contributed by atoms with Crippen LogP contribution in [0.25, 0.3) is 0 Å². The van der Waals surface area contributed by atoms with Crippen molar-refractivity contribution in [3.63, 3.8) is 0 Å². The molecule has 88 valence electrons. The third-order valence-corrected chi connectivity index (χ3v) is 3.45. The number of aromatic nitrogens is 1. The van der Waals surface area contributed by atoms with Crippen LogP contribution in [0.3, 0.4) is 0 Å². The molecule has 0 saturated carbocycles. The van der Waals surface area contributed by atoms with Crippen LogP contribution in [0.1, 0.15) is 37.8 Å². The molecule has 0 aromatic carbocycles. The summed E-state index contributed by atoms with van der Waals surface area (Å²) in [7, 11) is 0. The predicted octanol–water partition coefficient (Wildman–Crippen LogP) is 2.26. The lowest BCUT2D eigenvalue weighted by molar-refractivity contribution is 0.281. The van der Waals surface area contributed by atoms with Crippen molar-refractivity contribution in [1.29, 1.82) is 0 Å². The van der Waals surface area contributed by atoms with Crippen molar-refractivity contribution in [2.24, 2.45) is 0 Å². The first-order valence-corrected chi connectivity index (χ1v) is 5.88. The molecule has 0 bridgehead atoms. The number of rotatable bonds is 2. The Hall–Kier alpha value is -1.09. The van der Waals surface area contributed by atoms with Gasteiger partial charge in [-0.2, -0.15) is 0 Å². The van der Waals surface area contributed by atoms with E-state index in [2.05, 4.69) is 30.7 Å². The summed E-state index contributed by atoms with van der Waals surface area (Å²) in [5.74, 6) is 1.07. The van der Waals surface area contributed by atoms with Gasteiger partial charge >= 0.3 is 0 Å². The van der Waals surface area contributed by atoms with Crippen molar-refractivity contribution >= 4 is 5.82 Å². The fourth-order valence-electron chi connectivity index (χ4n) is 2.49. The van der Waals surface area contributed by atoms with Crippen LogP contribution >= 0.6 is 0 Å². The van der Waals surface area contributed by atoms with E-state index in [1.807, 2.05) is 6.07 Å². The average Bonchev–Trinajstić information content (AvgIpc) is 2.58. The van der Waals surface area contributed by atoms with E-state index in [0.717, 1.165) is 23.5 Å². The van der Waals surface area contributed by atoms with Gasteiger partial charge in [0.1, 0.15) is 5.82 Å². The van der Waals surface area contributed by atoms with Gasteiger partial charge in [-0.1, -0.05) is 0 Å². The second kappa shape index (κ2) is 4.06. The van der Waals surface area contributed by atoms with Gasteiger partial charge in [0.2, 0.25) is 0 Å². The van der Waals surface area contributed by atoms with E-state index in [1.54, 1.807) is 6.20 Å². The van der Waals surface area contributed by atoms with Gasteiger partial charge in [0, 0.05) is 18.3 Å². The zero-order valence-corrected chi connectivity index (χ0v) is 10.3. The maximum Gasteiger partial charge on any atom is 0.131 e. The normalized spacial score (nSPS) is 19.1. The molecule has 1 aromatic rings. The SMILES string of the molecule is Cc1cc(CO)cnc1N1CCCC1(C)C. The Morgan fingerprint density at radius 1 is 1.50 bits per heavy atom. The quantitative estimate of drug-likeness (QED) is 0.830. The highest BCUT2D eigenvalue weighted by molar-refractivity contribution is 5.50. The van der Waals surface area contributed by atoms with Crippen LogP contribution in [0.2, 0.25) is 0 Å². The monoisotopic (exact) mass is 220 g/mol. The molecule has 1 aromatic heterocycles. The Morgan fingerprint density at radius 2 is 2.25 bits per heavy atom. The molecule has 2 rings (SSSR count). The van der Waals surface area contributed by atoms with E-state index in [-0.39, 0.29) is 12.1 Å². The summed E-state index contributed by atoms with van der Waals surface area (Å²) in [4.78, 5) is 6.87. The Bertz CT molecular complexity index is 388. The van der Waals surface area contributed by atoms with Gasteiger partial charge in [-0.3, -0.25) is 0 Å². The van der Waals surface area contributed by atoms with Gasteiger partial charge in [-0.15, -0.1) is 0 Å². The maximum atomic E-state index is 9.07. The van der Waals surface area contributed by atoms with Crippen LogP contribution in [-0.2, 0) is 6.61 Å². The Kier molecular flexibility index (Phi) is 2.89. The van der Waals surface area contributed by atoms with E-state index in [9.17, 15) is 0 Å². The second-order valence-electron chi connectivity index (χ2n) is 5.21. The molecule has 0 radical (unpaired) electrons. The molecule has 2 heterocycles. The highest BCUT2D eigenvalue weighted by Gasteiger charge is 2.33. The van der Waals surface area contributed by atoms with Crippen molar-refractivity contribution < 1.29 is 5.11 Å². The molecule has 16 heavy (non-hydrogen) atoms. The number of nitrogens with zero attached hydrogens (tertiary/aromatic N) is 2. The molecular weight excluding hydrogens is 200 g/mol. The second-order valence-corrected chi connectivity index (χ2v) is 5.21. The molecule has 3 nitrogen and oxygen atoms in total. The number of pyridine rings is 1. The van der Waals surface area contributed by atoms with E-state index in [4.69, 9.17) is 5.11 Å². The predicted molar refractivity (Wildman–Crippen MR) is 65.6 cm³/mol. The van der Waals surface area contributed by atoms with Crippen LogP contribution in [0.4, 0.5) is 5.82 Å². The number of hydrogen-bond donors (Lipinski definition) is 1. The fraction of sp³-hybridized carbons (Fsp3) is 0.615. The van der Waals surface area contributed by atoms with Crippen molar-refractivity contribution in [2.45, 2.75) is 45.8 Å². The summed E-state index contributed by atoms with van der Waals surface area (Å²) in [6.07, 6.45) is 4.22. The Morgan fingerprint density at radius 3 is 2.75 bits per heavy atom. The molecule has 0 spiro atoms. The number of hydrogen-bond acceptors (Lipinski definition) is 3. The Balaban J connectivity index is 2.34. The molecule has 1 aliphatic rings. The minimum Gasteiger partial charge on any atom is -0.392 e. The molecule has 1 saturated heterocycles. The first kappa shape index (κ1) is 11.4. The zero-order chi connectivity index (χ0) is 11.8. The molecule has 0 atom stereocenters. The van der Waals surface area contributed by atoms with Gasteiger partial charge in [-0.25, -0.2) is 4.98 Å². The van der Waals surface area contributed by atoms with Crippen molar-refractivity contribution in [3.8, 4) is 0 Å². The number of aryl methyl sites for hydroxylation is 1. The highest BCUT2D eigenvalue weighted by Crippen LogP contribution is 2.34. The lowest BCUT2D eigenvalue weighted by atomic mass is 10.0. The smallest absolute Gasteiger partial charge is 0.131 e. The third kappa shape index (κ3) is 1.92. The molecule has 1 fully saturated rings. The van der Waals surface area contributed by atoms with E-state index in [1.165, 1.54) is 12.8 Å². The van der Waals surface area contributed by atoms with Crippen LogP contribution in [-0.4, -0.2) is 22.2 Å². The van der Waals surface area contributed by atoms with Crippen molar-refractivity contribution in [2.75, 3.05) is 11.4 Å². The summed E-state index contributed by atoms with van der Waals surface area (Å²) in [5.41, 5.74) is 2.25. The summed E-state index contributed by atoms with van der Waals surface area (Å²) < 4.78 is 0. The largest absolute Gasteiger partial charge is 0.392 e. The minimum absolute atomic E-state index is 0.0670. The van der Waals surface area contributed by atoms with Crippen LogP contribution in [0.15, 0.2) is 12.3 Å². The fourth-order valence-corrected chi connectivity index (χ4v) is 2.49. The van der Waals surface area contributed by atoms with Gasteiger partial charge < -0.3 is 10.0 Å². The minimum atomic E-state index is 0.0670. The molecule has 0 amide bonds. The summed E-state index contributed by atoms with van der Waals surface area (Å²) in [5, 5.41) is 9.07. The number of anilines is 1. The topological polar surface area (TPSA) is 36.4 Å². The van der Waals surface area contributed by atoms with Crippen LogP contribution in [0.5, 0.6) is 0 Å². The first-order chi connectivity index (χ1) is 7.54. The van der Waals surface area contributed by atoms with Gasteiger partial charge in [0.25, 0.3) is 0 Å². The molecule has 0 unspecified atom stereocenters. The van der Waals surface area contributed by atoms with Crippen molar-refractivity contribution in [3.05, 3.63) is 23.4 Å². The Labute approximate surface area is 97.1 Å². The molecule has 0 aliphatic carbocycles. The van der Waals surface area contributed by atoms with E-state index >= 15 is 0 Å². The van der Waals surface area contributed by atoms with Gasteiger partial charge in [-0.05, 0) is 50.8 Å². The zero-order valence-electron chi connectivity index (χ0n) is 10.3. The molecule has 1 N–H and O–H groups in total. The molecule has 1 aliphatic heterocycles. The van der Waals surface area contributed by atoms with Gasteiger partial charge in [0.05, 0.1) is 6.61 Å². The highest BCUT2D eigenvalue weighted by atomic mass is 16.3. The molecule has 3 heteroatoms. The average molecular weight is 220 g/mol. The van der Waals surface area contributed by atoms with E-state index < -0.39 is 0 Å². The first-order valence-electron chi connectivity index (χ1n) is 5.88. The lowest BCUT2D eigenvalue weighted by Gasteiger charge is -2.33. The standard InChI is InChI=1S/C13H20N2O/c1-10-7-11(9-16)8-14-12(10)15-6-4-5-13(15,2)3/h7-8,16H,4-6,9H2,1-3H3. The van der Waals surface area contributed by atoms with Crippen LogP contribution in [0, 0.1) is 6.92 Å². The lowest BCUT2D eigenvalue weighted by Crippen LogP contribution is -2.39. The summed E-state index contributed by atoms with van der Waals surface area (Å²) >= 11 is 0.